The molecule has 4 rings (SSSR count). The van der Waals surface area contributed by atoms with Crippen molar-refractivity contribution in [2.45, 2.75) is 38.4 Å². The van der Waals surface area contributed by atoms with Crippen molar-refractivity contribution >= 4 is 17.4 Å². The number of carbonyl (C=O) groups is 1. The fourth-order valence-corrected chi connectivity index (χ4v) is 3.76. The van der Waals surface area contributed by atoms with Crippen molar-refractivity contribution in [1.29, 1.82) is 0 Å². The van der Waals surface area contributed by atoms with Crippen LogP contribution in [0.15, 0.2) is 36.7 Å². The number of anilines is 2. The molecule has 7 heteroatoms. The Hall–Kier alpha value is -2.51. The predicted molar refractivity (Wildman–Crippen MR) is 107 cm³/mol. The number of amides is 1. The molecule has 0 aliphatic carbocycles. The zero-order chi connectivity index (χ0) is 19.6. The number of piperidine rings is 1. The third-order valence-corrected chi connectivity index (χ3v) is 5.36. The Bertz CT molecular complexity index is 822. The average molecular weight is 382 g/mol. The largest absolute Gasteiger partial charge is 0.355 e. The molecule has 1 aromatic heterocycles. The van der Waals surface area contributed by atoms with Gasteiger partial charge in [-0.3, -0.25) is 4.79 Å². The Morgan fingerprint density at radius 1 is 1.11 bits per heavy atom. The quantitative estimate of drug-likeness (QED) is 0.875. The molecule has 1 spiro atoms. The number of nitrogens with zero attached hydrogens (tertiary/aromatic N) is 3. The van der Waals surface area contributed by atoms with Gasteiger partial charge in [-0.15, -0.1) is 0 Å². The van der Waals surface area contributed by atoms with Gasteiger partial charge in [0.2, 0.25) is 0 Å². The van der Waals surface area contributed by atoms with Crippen molar-refractivity contribution in [2.75, 3.05) is 36.5 Å². The van der Waals surface area contributed by atoms with Crippen molar-refractivity contribution in [3.63, 3.8) is 0 Å². The fraction of sp³-hybridized carbons (Fsp3) is 0.476. The SMILES string of the molecule is CC(C)c1ccccc1NC(=O)c1cnc(N2CCC3(CC2)OCCO3)cn1. The van der Waals surface area contributed by atoms with Gasteiger partial charge in [0, 0.05) is 31.6 Å². The first-order chi connectivity index (χ1) is 13.6. The summed E-state index contributed by atoms with van der Waals surface area (Å²) in [5, 5.41) is 2.95. The van der Waals surface area contributed by atoms with Gasteiger partial charge >= 0.3 is 0 Å². The summed E-state index contributed by atoms with van der Waals surface area (Å²) < 4.78 is 11.5. The number of hydrogen-bond acceptors (Lipinski definition) is 6. The minimum Gasteiger partial charge on any atom is -0.355 e. The standard InChI is InChI=1S/C21H26N4O3/c1-15(2)16-5-3-4-6-17(16)24-20(26)18-13-23-19(14-22-18)25-9-7-21(8-10-25)27-11-12-28-21/h3-6,13-15H,7-12H2,1-2H3,(H,24,26). The van der Waals surface area contributed by atoms with Crippen LogP contribution in [0.5, 0.6) is 0 Å². The van der Waals surface area contributed by atoms with E-state index in [1.54, 1.807) is 6.20 Å². The third kappa shape index (κ3) is 3.86. The molecule has 7 nitrogen and oxygen atoms in total. The molecule has 0 atom stereocenters. The van der Waals surface area contributed by atoms with E-state index in [2.05, 4.69) is 34.0 Å². The van der Waals surface area contributed by atoms with E-state index in [-0.39, 0.29) is 5.91 Å². The lowest BCUT2D eigenvalue weighted by Gasteiger charge is -2.37. The molecule has 2 aliphatic heterocycles. The van der Waals surface area contributed by atoms with Gasteiger partial charge in [0.15, 0.2) is 5.79 Å². The summed E-state index contributed by atoms with van der Waals surface area (Å²) in [6, 6.07) is 7.82. The van der Waals surface area contributed by atoms with Crippen LogP contribution in [0.3, 0.4) is 0 Å². The second kappa shape index (κ2) is 7.85. The van der Waals surface area contributed by atoms with E-state index in [0.717, 1.165) is 43.0 Å². The van der Waals surface area contributed by atoms with Crippen molar-refractivity contribution in [3.05, 3.63) is 47.9 Å². The number of carbonyl (C=O) groups excluding carboxylic acids is 1. The summed E-state index contributed by atoms with van der Waals surface area (Å²) in [4.78, 5) is 23.5. The monoisotopic (exact) mass is 382 g/mol. The van der Waals surface area contributed by atoms with E-state index in [1.165, 1.54) is 6.20 Å². The van der Waals surface area contributed by atoms with E-state index in [1.807, 2.05) is 24.3 Å². The molecule has 1 N–H and O–H groups in total. The van der Waals surface area contributed by atoms with Gasteiger partial charge in [0.25, 0.3) is 5.91 Å². The minimum atomic E-state index is -0.409. The van der Waals surface area contributed by atoms with E-state index in [4.69, 9.17) is 9.47 Å². The maximum atomic E-state index is 12.6. The maximum Gasteiger partial charge on any atom is 0.275 e. The first kappa shape index (κ1) is 18.8. The van der Waals surface area contributed by atoms with Gasteiger partial charge in [-0.05, 0) is 17.5 Å². The average Bonchev–Trinajstić information content (AvgIpc) is 3.17. The molecule has 2 aromatic rings. The van der Waals surface area contributed by atoms with Crippen molar-refractivity contribution in [1.82, 2.24) is 9.97 Å². The van der Waals surface area contributed by atoms with Crippen molar-refractivity contribution in [2.24, 2.45) is 0 Å². The highest BCUT2D eigenvalue weighted by atomic mass is 16.7. The lowest BCUT2D eigenvalue weighted by molar-refractivity contribution is -0.169. The molecule has 1 aromatic carbocycles. The topological polar surface area (TPSA) is 76.6 Å². The Morgan fingerprint density at radius 2 is 1.82 bits per heavy atom. The van der Waals surface area contributed by atoms with Gasteiger partial charge in [0.1, 0.15) is 11.5 Å². The van der Waals surface area contributed by atoms with Crippen LogP contribution in [0.4, 0.5) is 11.5 Å². The molecule has 28 heavy (non-hydrogen) atoms. The van der Waals surface area contributed by atoms with Crippen LogP contribution in [0, 0.1) is 0 Å². The van der Waals surface area contributed by atoms with Crippen LogP contribution in [0.25, 0.3) is 0 Å². The lowest BCUT2D eigenvalue weighted by atomic mass is 10.0. The van der Waals surface area contributed by atoms with Crippen molar-refractivity contribution < 1.29 is 14.3 Å². The lowest BCUT2D eigenvalue weighted by Crippen LogP contribution is -2.45. The van der Waals surface area contributed by atoms with Crippen LogP contribution >= 0.6 is 0 Å². The van der Waals surface area contributed by atoms with Crippen molar-refractivity contribution in [3.8, 4) is 0 Å². The summed E-state index contributed by atoms with van der Waals surface area (Å²) in [6.07, 6.45) is 4.82. The highest BCUT2D eigenvalue weighted by Gasteiger charge is 2.40. The molecule has 148 valence electrons. The maximum absolute atomic E-state index is 12.6. The predicted octanol–water partition coefficient (Wildman–Crippen LogP) is 3.20. The molecule has 3 heterocycles. The minimum absolute atomic E-state index is 0.252. The van der Waals surface area contributed by atoms with E-state index in [0.29, 0.717) is 24.8 Å². The van der Waals surface area contributed by atoms with E-state index < -0.39 is 5.79 Å². The van der Waals surface area contributed by atoms with Crippen LogP contribution in [-0.2, 0) is 9.47 Å². The smallest absolute Gasteiger partial charge is 0.275 e. The third-order valence-electron chi connectivity index (χ3n) is 5.36. The Balaban J connectivity index is 1.40. The van der Waals surface area contributed by atoms with E-state index in [9.17, 15) is 4.79 Å². The molecule has 0 saturated carbocycles. The molecule has 0 bridgehead atoms. The Morgan fingerprint density at radius 3 is 2.46 bits per heavy atom. The van der Waals surface area contributed by atoms with E-state index >= 15 is 0 Å². The first-order valence-corrected chi connectivity index (χ1v) is 9.81. The molecule has 1 amide bonds. The second-order valence-electron chi connectivity index (χ2n) is 7.55. The highest BCUT2D eigenvalue weighted by molar-refractivity contribution is 6.03. The first-order valence-electron chi connectivity index (χ1n) is 9.81. The van der Waals surface area contributed by atoms with Crippen LogP contribution in [-0.4, -0.2) is 48.0 Å². The van der Waals surface area contributed by atoms with Crippen LogP contribution < -0.4 is 10.2 Å². The Labute approximate surface area is 165 Å². The number of aromatic nitrogens is 2. The zero-order valence-corrected chi connectivity index (χ0v) is 16.4. The summed E-state index contributed by atoms with van der Waals surface area (Å²) >= 11 is 0. The number of para-hydroxylation sites is 1. The number of ether oxygens (including phenoxy) is 2. The summed E-state index contributed by atoms with van der Waals surface area (Å²) in [6.45, 7) is 7.13. The van der Waals surface area contributed by atoms with Gasteiger partial charge in [-0.2, -0.15) is 0 Å². The number of hydrogen-bond donors (Lipinski definition) is 1. The molecular weight excluding hydrogens is 356 g/mol. The van der Waals surface area contributed by atoms with Gasteiger partial charge in [-0.1, -0.05) is 32.0 Å². The summed E-state index contributed by atoms with van der Waals surface area (Å²) in [5.41, 5.74) is 2.21. The molecule has 0 radical (unpaired) electrons. The van der Waals surface area contributed by atoms with Crippen LogP contribution in [0.2, 0.25) is 0 Å². The van der Waals surface area contributed by atoms with Crippen LogP contribution in [0.1, 0.15) is 48.7 Å². The van der Waals surface area contributed by atoms with Gasteiger partial charge in [0.05, 0.1) is 25.6 Å². The highest BCUT2D eigenvalue weighted by Crippen LogP contribution is 2.32. The van der Waals surface area contributed by atoms with Gasteiger partial charge in [-0.25, -0.2) is 9.97 Å². The number of nitrogens with one attached hydrogen (secondary N) is 1. The molecule has 2 aliphatic rings. The second-order valence-corrected chi connectivity index (χ2v) is 7.55. The fourth-order valence-electron chi connectivity index (χ4n) is 3.76. The normalized spacial score (nSPS) is 18.6. The molecular formula is C21H26N4O3. The summed E-state index contributed by atoms with van der Waals surface area (Å²) in [5.74, 6) is 0.428. The Kier molecular flexibility index (Phi) is 5.28. The number of rotatable bonds is 4. The number of benzene rings is 1. The molecule has 2 saturated heterocycles. The molecule has 0 unspecified atom stereocenters. The van der Waals surface area contributed by atoms with Gasteiger partial charge < -0.3 is 19.7 Å². The molecule has 2 fully saturated rings. The zero-order valence-electron chi connectivity index (χ0n) is 16.4. The summed E-state index contributed by atoms with van der Waals surface area (Å²) in [7, 11) is 0.